The third-order valence-corrected chi connectivity index (χ3v) is 4.13. The Hall–Kier alpha value is -3.62. The molecule has 0 bridgehead atoms. The molecule has 0 atom stereocenters. The molecule has 0 unspecified atom stereocenters. The lowest BCUT2D eigenvalue weighted by atomic mass is 10.0. The van der Waals surface area contributed by atoms with Gasteiger partial charge in [-0.3, -0.25) is 0 Å². The summed E-state index contributed by atoms with van der Waals surface area (Å²) in [6.07, 6.45) is 1.56. The van der Waals surface area contributed by atoms with Crippen LogP contribution >= 0.6 is 11.6 Å². The topological polar surface area (TPSA) is 59.3 Å². The Bertz CT molecular complexity index is 1070. The molecule has 6 heteroatoms. The number of hydrogen-bond donors (Lipinski definition) is 0. The fraction of sp³-hybridized carbons (Fsp3) is 0.0435. The van der Waals surface area contributed by atoms with Crippen LogP contribution in [0.2, 0.25) is 5.02 Å². The standard InChI is InChI=1S/C23H15ClFNO3/c24-18-7-11-19(12-8-18)28-15-23(27)29-20-9-5-16(6-10-20)13-17(14-26)21-3-1-2-4-22(21)25/h1-13H,15H2/b17-13-. The number of nitrogens with zero attached hydrogens (tertiary/aromatic N) is 1. The number of carbonyl (C=O) groups is 1. The fourth-order valence-electron chi connectivity index (χ4n) is 2.48. The highest BCUT2D eigenvalue weighted by molar-refractivity contribution is 6.30. The zero-order valence-corrected chi connectivity index (χ0v) is 15.9. The molecule has 0 aliphatic heterocycles. The lowest BCUT2D eigenvalue weighted by Crippen LogP contribution is -2.17. The summed E-state index contributed by atoms with van der Waals surface area (Å²) >= 11 is 5.79. The van der Waals surface area contributed by atoms with E-state index in [0.29, 0.717) is 22.1 Å². The SMILES string of the molecule is N#C/C(=C/c1ccc(OC(=O)COc2ccc(Cl)cc2)cc1)c1ccccc1F. The molecule has 0 spiro atoms. The van der Waals surface area contributed by atoms with E-state index < -0.39 is 11.8 Å². The minimum atomic E-state index is -0.563. The Morgan fingerprint density at radius 3 is 2.31 bits per heavy atom. The molecule has 29 heavy (non-hydrogen) atoms. The molecule has 0 aliphatic carbocycles. The van der Waals surface area contributed by atoms with Gasteiger partial charge in [0.2, 0.25) is 0 Å². The van der Waals surface area contributed by atoms with Crippen molar-refractivity contribution in [3.63, 3.8) is 0 Å². The van der Waals surface area contributed by atoms with Crippen molar-refractivity contribution in [1.82, 2.24) is 0 Å². The van der Waals surface area contributed by atoms with Crippen molar-refractivity contribution in [1.29, 1.82) is 5.26 Å². The van der Waals surface area contributed by atoms with E-state index in [4.69, 9.17) is 21.1 Å². The molecule has 3 aromatic rings. The first-order valence-electron chi connectivity index (χ1n) is 8.61. The van der Waals surface area contributed by atoms with E-state index in [1.807, 2.05) is 6.07 Å². The third-order valence-electron chi connectivity index (χ3n) is 3.88. The van der Waals surface area contributed by atoms with E-state index in [-0.39, 0.29) is 17.7 Å². The summed E-state index contributed by atoms with van der Waals surface area (Å²) in [6, 6.07) is 21.2. The van der Waals surface area contributed by atoms with Crippen LogP contribution in [0.4, 0.5) is 4.39 Å². The summed E-state index contributed by atoms with van der Waals surface area (Å²) in [4.78, 5) is 11.9. The number of allylic oxidation sites excluding steroid dienone is 1. The molecule has 0 aliphatic rings. The second-order valence-corrected chi connectivity index (χ2v) is 6.37. The minimum absolute atomic E-state index is 0.198. The largest absolute Gasteiger partial charge is 0.482 e. The van der Waals surface area contributed by atoms with Gasteiger partial charge in [-0.15, -0.1) is 0 Å². The van der Waals surface area contributed by atoms with Gasteiger partial charge in [-0.25, -0.2) is 9.18 Å². The molecule has 4 nitrogen and oxygen atoms in total. The summed E-state index contributed by atoms with van der Waals surface area (Å²) in [7, 11) is 0. The number of nitriles is 1. The first kappa shape index (κ1) is 20.1. The Balaban J connectivity index is 1.62. The van der Waals surface area contributed by atoms with Crippen molar-refractivity contribution < 1.29 is 18.7 Å². The summed E-state index contributed by atoms with van der Waals surface area (Å²) in [6.45, 7) is -0.255. The van der Waals surface area contributed by atoms with Crippen molar-refractivity contribution in [2.75, 3.05) is 6.61 Å². The molecule has 0 heterocycles. The quantitative estimate of drug-likeness (QED) is 0.233. The molecule has 0 aromatic heterocycles. The number of hydrogen-bond acceptors (Lipinski definition) is 4. The molecular formula is C23H15ClFNO3. The fourth-order valence-corrected chi connectivity index (χ4v) is 2.61. The Morgan fingerprint density at radius 2 is 1.66 bits per heavy atom. The number of halogens is 2. The van der Waals surface area contributed by atoms with E-state index in [2.05, 4.69) is 0 Å². The van der Waals surface area contributed by atoms with Crippen molar-refractivity contribution in [3.05, 3.63) is 94.8 Å². The summed E-state index contributed by atoms with van der Waals surface area (Å²) in [5, 5.41) is 9.90. The second-order valence-electron chi connectivity index (χ2n) is 5.94. The van der Waals surface area contributed by atoms with E-state index >= 15 is 0 Å². The van der Waals surface area contributed by atoms with Crippen LogP contribution in [0.5, 0.6) is 11.5 Å². The third kappa shape index (κ3) is 5.68. The van der Waals surface area contributed by atoms with Crippen LogP contribution in [0.15, 0.2) is 72.8 Å². The Morgan fingerprint density at radius 1 is 1.00 bits per heavy atom. The smallest absolute Gasteiger partial charge is 0.349 e. The van der Waals surface area contributed by atoms with Gasteiger partial charge >= 0.3 is 5.97 Å². The molecule has 0 saturated heterocycles. The summed E-state index contributed by atoms with van der Waals surface area (Å²) < 4.78 is 24.4. The van der Waals surface area contributed by atoms with Gasteiger partial charge in [-0.2, -0.15) is 5.26 Å². The van der Waals surface area contributed by atoms with Gasteiger partial charge in [0.1, 0.15) is 17.3 Å². The highest BCUT2D eigenvalue weighted by Crippen LogP contribution is 2.22. The van der Waals surface area contributed by atoms with E-state index in [1.165, 1.54) is 6.07 Å². The maximum absolute atomic E-state index is 13.9. The van der Waals surface area contributed by atoms with Crippen molar-refractivity contribution in [3.8, 4) is 17.6 Å². The van der Waals surface area contributed by atoms with Crippen molar-refractivity contribution in [2.24, 2.45) is 0 Å². The van der Waals surface area contributed by atoms with Gasteiger partial charge in [0.05, 0.1) is 11.6 Å². The maximum Gasteiger partial charge on any atom is 0.349 e. The lowest BCUT2D eigenvalue weighted by Gasteiger charge is -2.07. The average molecular weight is 408 g/mol. The Labute approximate surface area is 172 Å². The normalized spacial score (nSPS) is 10.9. The first-order chi connectivity index (χ1) is 14.0. The zero-order valence-electron chi connectivity index (χ0n) is 15.1. The molecule has 3 aromatic carbocycles. The second kappa shape index (κ2) is 9.54. The highest BCUT2D eigenvalue weighted by atomic mass is 35.5. The molecule has 144 valence electrons. The van der Waals surface area contributed by atoms with Gasteiger partial charge in [-0.1, -0.05) is 41.9 Å². The van der Waals surface area contributed by atoms with Crippen LogP contribution in [0.3, 0.4) is 0 Å². The van der Waals surface area contributed by atoms with Crippen LogP contribution in [0.25, 0.3) is 11.6 Å². The monoisotopic (exact) mass is 407 g/mol. The van der Waals surface area contributed by atoms with Crippen LogP contribution in [-0.4, -0.2) is 12.6 Å². The molecule has 0 amide bonds. The van der Waals surface area contributed by atoms with Gasteiger partial charge in [-0.05, 0) is 54.1 Å². The van der Waals surface area contributed by atoms with Gasteiger partial charge in [0.25, 0.3) is 0 Å². The number of esters is 1. The number of rotatable bonds is 6. The van der Waals surface area contributed by atoms with Crippen LogP contribution in [0.1, 0.15) is 11.1 Å². The zero-order chi connectivity index (χ0) is 20.6. The number of carbonyl (C=O) groups excluding carboxylic acids is 1. The van der Waals surface area contributed by atoms with E-state index in [9.17, 15) is 14.4 Å². The van der Waals surface area contributed by atoms with E-state index in [1.54, 1.807) is 72.8 Å². The predicted octanol–water partition coefficient (Wildman–Crippen LogP) is 5.53. The predicted molar refractivity (Wildman–Crippen MR) is 109 cm³/mol. The minimum Gasteiger partial charge on any atom is -0.482 e. The van der Waals surface area contributed by atoms with Crippen LogP contribution in [0, 0.1) is 17.1 Å². The van der Waals surface area contributed by atoms with Gasteiger partial charge in [0.15, 0.2) is 6.61 Å². The maximum atomic E-state index is 13.9. The van der Waals surface area contributed by atoms with Crippen LogP contribution < -0.4 is 9.47 Å². The number of benzene rings is 3. The molecule has 0 saturated carbocycles. The molecule has 0 fully saturated rings. The molecular weight excluding hydrogens is 393 g/mol. The van der Waals surface area contributed by atoms with Gasteiger partial charge < -0.3 is 9.47 Å². The van der Waals surface area contributed by atoms with Crippen molar-refractivity contribution in [2.45, 2.75) is 0 Å². The first-order valence-corrected chi connectivity index (χ1v) is 8.99. The molecule has 3 rings (SSSR count). The number of ether oxygens (including phenoxy) is 2. The Kier molecular flexibility index (Phi) is 6.62. The van der Waals surface area contributed by atoms with E-state index in [0.717, 1.165) is 0 Å². The molecule has 0 radical (unpaired) electrons. The summed E-state index contributed by atoms with van der Waals surface area (Å²) in [5.41, 5.74) is 1.09. The lowest BCUT2D eigenvalue weighted by molar-refractivity contribution is -0.136. The average Bonchev–Trinajstić information content (AvgIpc) is 2.73. The van der Waals surface area contributed by atoms with Crippen molar-refractivity contribution >= 4 is 29.2 Å². The molecule has 0 N–H and O–H groups in total. The van der Waals surface area contributed by atoms with Gasteiger partial charge in [0, 0.05) is 10.6 Å². The summed E-state index contributed by atoms with van der Waals surface area (Å²) in [5.74, 6) is -0.195. The van der Waals surface area contributed by atoms with Crippen LogP contribution in [-0.2, 0) is 4.79 Å². The highest BCUT2D eigenvalue weighted by Gasteiger charge is 2.08.